The Morgan fingerprint density at radius 2 is 2.27 bits per heavy atom. The SMILES string of the molecule is Cc1ccc(CN(C)O)nc1. The number of rotatable bonds is 2. The molecule has 60 valence electrons. The summed E-state index contributed by atoms with van der Waals surface area (Å²) in [5.41, 5.74) is 2.01. The topological polar surface area (TPSA) is 36.4 Å². The maximum atomic E-state index is 8.87. The molecule has 0 amide bonds. The Kier molecular flexibility index (Phi) is 2.57. The molecule has 1 N–H and O–H groups in total. The van der Waals surface area contributed by atoms with Gasteiger partial charge in [0.15, 0.2) is 0 Å². The molecule has 3 heteroatoms. The Balaban J connectivity index is 2.66. The van der Waals surface area contributed by atoms with Crippen molar-refractivity contribution in [3.8, 4) is 0 Å². The van der Waals surface area contributed by atoms with Gasteiger partial charge in [0, 0.05) is 13.2 Å². The predicted molar refractivity (Wildman–Crippen MR) is 42.2 cm³/mol. The third-order valence-corrected chi connectivity index (χ3v) is 1.36. The zero-order valence-corrected chi connectivity index (χ0v) is 6.78. The second kappa shape index (κ2) is 3.46. The van der Waals surface area contributed by atoms with E-state index in [2.05, 4.69) is 4.98 Å². The lowest BCUT2D eigenvalue weighted by molar-refractivity contribution is -0.0740. The summed E-state index contributed by atoms with van der Waals surface area (Å²) < 4.78 is 0. The van der Waals surface area contributed by atoms with Gasteiger partial charge in [0.1, 0.15) is 0 Å². The summed E-state index contributed by atoms with van der Waals surface area (Å²) in [4.78, 5) is 4.12. The molecule has 0 aliphatic rings. The highest BCUT2D eigenvalue weighted by Crippen LogP contribution is 1.99. The average Bonchev–Trinajstić information content (AvgIpc) is 1.93. The quantitative estimate of drug-likeness (QED) is 0.647. The minimum Gasteiger partial charge on any atom is -0.314 e. The Bertz CT molecular complexity index is 218. The molecule has 0 atom stereocenters. The van der Waals surface area contributed by atoms with Crippen LogP contribution in [-0.2, 0) is 6.54 Å². The van der Waals surface area contributed by atoms with Crippen LogP contribution in [0.15, 0.2) is 18.3 Å². The van der Waals surface area contributed by atoms with E-state index in [1.165, 1.54) is 0 Å². The molecule has 0 bridgehead atoms. The lowest BCUT2D eigenvalue weighted by Crippen LogP contribution is -2.12. The minimum atomic E-state index is 0.473. The van der Waals surface area contributed by atoms with Crippen LogP contribution in [0.25, 0.3) is 0 Å². The van der Waals surface area contributed by atoms with Crippen molar-refractivity contribution < 1.29 is 5.21 Å². The molecule has 0 radical (unpaired) electrons. The highest BCUT2D eigenvalue weighted by molar-refractivity contribution is 5.11. The molecule has 0 aliphatic carbocycles. The van der Waals surface area contributed by atoms with Gasteiger partial charge in [0.2, 0.25) is 0 Å². The van der Waals surface area contributed by atoms with Crippen LogP contribution in [0.3, 0.4) is 0 Å². The molecule has 0 fully saturated rings. The Hall–Kier alpha value is -0.930. The molecule has 0 saturated carbocycles. The van der Waals surface area contributed by atoms with E-state index in [1.807, 2.05) is 19.1 Å². The van der Waals surface area contributed by atoms with Gasteiger partial charge in [-0.3, -0.25) is 4.98 Å². The van der Waals surface area contributed by atoms with Crippen LogP contribution in [0.4, 0.5) is 0 Å². The Labute approximate surface area is 66.3 Å². The van der Waals surface area contributed by atoms with Crippen molar-refractivity contribution in [2.45, 2.75) is 13.5 Å². The lowest BCUT2D eigenvalue weighted by Gasteiger charge is -2.06. The van der Waals surface area contributed by atoms with Gasteiger partial charge < -0.3 is 5.21 Å². The van der Waals surface area contributed by atoms with E-state index in [9.17, 15) is 0 Å². The van der Waals surface area contributed by atoms with Gasteiger partial charge in [0.25, 0.3) is 0 Å². The fourth-order valence-corrected chi connectivity index (χ4v) is 0.826. The van der Waals surface area contributed by atoms with Gasteiger partial charge >= 0.3 is 0 Å². The van der Waals surface area contributed by atoms with Crippen molar-refractivity contribution >= 4 is 0 Å². The highest BCUT2D eigenvalue weighted by Gasteiger charge is 1.95. The molecule has 1 aromatic rings. The zero-order valence-electron chi connectivity index (χ0n) is 6.78. The smallest absolute Gasteiger partial charge is 0.0658 e. The molecule has 0 aliphatic heterocycles. The van der Waals surface area contributed by atoms with Crippen LogP contribution in [-0.4, -0.2) is 22.3 Å². The third kappa shape index (κ3) is 2.65. The maximum absolute atomic E-state index is 8.87. The standard InChI is InChI=1S/C8H12N2O/c1-7-3-4-8(9-5-7)6-10(2)11/h3-5,11H,6H2,1-2H3. The first-order valence-corrected chi connectivity index (χ1v) is 3.50. The molecule has 0 spiro atoms. The Morgan fingerprint density at radius 1 is 1.55 bits per heavy atom. The molecule has 1 aromatic heterocycles. The average molecular weight is 152 g/mol. The van der Waals surface area contributed by atoms with Crippen molar-refractivity contribution in [2.75, 3.05) is 7.05 Å². The van der Waals surface area contributed by atoms with E-state index in [1.54, 1.807) is 13.2 Å². The largest absolute Gasteiger partial charge is 0.314 e. The van der Waals surface area contributed by atoms with Crippen LogP contribution in [0.1, 0.15) is 11.3 Å². The summed E-state index contributed by atoms with van der Waals surface area (Å²) in [6.07, 6.45) is 1.79. The summed E-state index contributed by atoms with van der Waals surface area (Å²) in [5.74, 6) is 0. The fraction of sp³-hybridized carbons (Fsp3) is 0.375. The van der Waals surface area contributed by atoms with Gasteiger partial charge in [-0.05, 0) is 18.6 Å². The highest BCUT2D eigenvalue weighted by atomic mass is 16.5. The molecule has 0 saturated heterocycles. The summed E-state index contributed by atoms with van der Waals surface area (Å²) >= 11 is 0. The van der Waals surface area contributed by atoms with Crippen LogP contribution in [0.5, 0.6) is 0 Å². The predicted octanol–water partition coefficient (Wildman–Crippen LogP) is 1.21. The van der Waals surface area contributed by atoms with E-state index >= 15 is 0 Å². The lowest BCUT2D eigenvalue weighted by atomic mass is 10.3. The van der Waals surface area contributed by atoms with Crippen LogP contribution < -0.4 is 0 Å². The number of nitrogens with zero attached hydrogens (tertiary/aromatic N) is 2. The fourth-order valence-electron chi connectivity index (χ4n) is 0.826. The van der Waals surface area contributed by atoms with Gasteiger partial charge in [-0.25, -0.2) is 0 Å². The summed E-state index contributed by atoms with van der Waals surface area (Å²) in [7, 11) is 1.60. The molecule has 0 unspecified atom stereocenters. The van der Waals surface area contributed by atoms with E-state index < -0.39 is 0 Å². The zero-order chi connectivity index (χ0) is 8.27. The number of hydrogen-bond acceptors (Lipinski definition) is 3. The van der Waals surface area contributed by atoms with Crippen LogP contribution in [0.2, 0.25) is 0 Å². The molecule has 1 rings (SSSR count). The van der Waals surface area contributed by atoms with Crippen LogP contribution in [0, 0.1) is 6.92 Å². The number of hydroxylamine groups is 2. The van der Waals surface area contributed by atoms with Crippen molar-refractivity contribution in [3.05, 3.63) is 29.6 Å². The second-order valence-electron chi connectivity index (χ2n) is 2.64. The second-order valence-corrected chi connectivity index (χ2v) is 2.64. The number of hydrogen-bond donors (Lipinski definition) is 1. The van der Waals surface area contributed by atoms with Gasteiger partial charge in [0.05, 0.1) is 12.2 Å². The van der Waals surface area contributed by atoms with E-state index in [0.29, 0.717) is 6.54 Å². The number of aromatic nitrogens is 1. The number of pyridine rings is 1. The molecule has 11 heavy (non-hydrogen) atoms. The third-order valence-electron chi connectivity index (χ3n) is 1.36. The van der Waals surface area contributed by atoms with E-state index in [0.717, 1.165) is 16.3 Å². The van der Waals surface area contributed by atoms with Gasteiger partial charge in [-0.2, -0.15) is 5.06 Å². The van der Waals surface area contributed by atoms with Gasteiger partial charge in [-0.1, -0.05) is 6.07 Å². The first kappa shape index (κ1) is 8.17. The minimum absolute atomic E-state index is 0.473. The van der Waals surface area contributed by atoms with E-state index in [-0.39, 0.29) is 0 Å². The maximum Gasteiger partial charge on any atom is 0.0658 e. The van der Waals surface area contributed by atoms with Crippen LogP contribution >= 0.6 is 0 Å². The number of aryl methyl sites for hydroxylation is 1. The van der Waals surface area contributed by atoms with Gasteiger partial charge in [-0.15, -0.1) is 0 Å². The van der Waals surface area contributed by atoms with E-state index in [4.69, 9.17) is 5.21 Å². The molecule has 0 aromatic carbocycles. The van der Waals surface area contributed by atoms with Crippen molar-refractivity contribution in [1.82, 2.24) is 10.0 Å². The molecule has 3 nitrogen and oxygen atoms in total. The normalized spacial score (nSPS) is 10.5. The molecular formula is C8H12N2O. The molecular weight excluding hydrogens is 140 g/mol. The summed E-state index contributed by atoms with van der Waals surface area (Å²) in [6, 6.07) is 3.88. The van der Waals surface area contributed by atoms with Crippen molar-refractivity contribution in [3.63, 3.8) is 0 Å². The first-order chi connectivity index (χ1) is 5.18. The Morgan fingerprint density at radius 3 is 2.73 bits per heavy atom. The first-order valence-electron chi connectivity index (χ1n) is 3.50. The molecule has 1 heterocycles. The monoisotopic (exact) mass is 152 g/mol. The van der Waals surface area contributed by atoms with Crippen molar-refractivity contribution in [1.29, 1.82) is 0 Å². The van der Waals surface area contributed by atoms with Crippen molar-refractivity contribution in [2.24, 2.45) is 0 Å². The summed E-state index contributed by atoms with van der Waals surface area (Å²) in [5, 5.41) is 9.98. The summed E-state index contributed by atoms with van der Waals surface area (Å²) in [6.45, 7) is 2.46.